The number of carbonyl (C=O) groups is 1. The van der Waals surface area contributed by atoms with Crippen LogP contribution in [-0.4, -0.2) is 13.3 Å². The third-order valence-corrected chi connectivity index (χ3v) is 2.28. The fourth-order valence-corrected chi connectivity index (χ4v) is 1.61. The van der Waals surface area contributed by atoms with Gasteiger partial charge in [0.1, 0.15) is 6.29 Å². The molecule has 2 nitrogen and oxygen atoms in total. The van der Waals surface area contributed by atoms with Crippen LogP contribution in [0.2, 0.25) is 0 Å². The van der Waals surface area contributed by atoms with Crippen molar-refractivity contribution >= 4 is 27.9 Å². The Bertz CT molecular complexity index is 286. The highest BCUT2D eigenvalue weighted by Crippen LogP contribution is 2.22. The molecule has 0 saturated carbocycles. The molecule has 1 aromatic rings. The van der Waals surface area contributed by atoms with Crippen molar-refractivity contribution in [2.45, 2.75) is 6.42 Å². The number of aldehydes is 1. The fraction of sp³-hybridized carbons (Fsp3) is 0.222. The minimum atomic E-state index is 0.475. The van der Waals surface area contributed by atoms with Crippen molar-refractivity contribution in [1.82, 2.24) is 0 Å². The molecule has 0 aromatic heterocycles. The number of benzene rings is 1. The molecule has 0 atom stereocenters. The van der Waals surface area contributed by atoms with Crippen LogP contribution in [0.3, 0.4) is 0 Å². The second-order valence-electron chi connectivity index (χ2n) is 2.43. The van der Waals surface area contributed by atoms with Gasteiger partial charge in [-0.05, 0) is 33.6 Å². The molecule has 0 spiro atoms. The Morgan fingerprint density at radius 2 is 2.33 bits per heavy atom. The van der Waals surface area contributed by atoms with Crippen LogP contribution < -0.4 is 5.32 Å². The first-order valence-corrected chi connectivity index (χ1v) is 4.47. The molecule has 0 saturated heterocycles. The Labute approximate surface area is 80.1 Å². The van der Waals surface area contributed by atoms with Gasteiger partial charge >= 0.3 is 0 Å². The largest absolute Gasteiger partial charge is 0.387 e. The first-order chi connectivity index (χ1) is 5.77. The summed E-state index contributed by atoms with van der Waals surface area (Å²) < 4.78 is 0.990. The van der Waals surface area contributed by atoms with E-state index in [2.05, 4.69) is 21.2 Å². The van der Waals surface area contributed by atoms with Gasteiger partial charge in [-0.25, -0.2) is 0 Å². The smallest absolute Gasteiger partial charge is 0.124 e. The molecule has 0 unspecified atom stereocenters. The SMILES string of the molecule is CNc1ccc(CC=O)cc1Br. The number of hydrogen-bond acceptors (Lipinski definition) is 2. The highest BCUT2D eigenvalue weighted by molar-refractivity contribution is 9.10. The molecule has 0 aliphatic heterocycles. The topological polar surface area (TPSA) is 29.1 Å². The summed E-state index contributed by atoms with van der Waals surface area (Å²) in [7, 11) is 1.86. The van der Waals surface area contributed by atoms with Crippen LogP contribution in [0.5, 0.6) is 0 Å². The molecular formula is C9H10BrNO. The van der Waals surface area contributed by atoms with E-state index in [1.807, 2.05) is 25.2 Å². The first-order valence-electron chi connectivity index (χ1n) is 3.67. The molecule has 0 heterocycles. The first kappa shape index (κ1) is 9.26. The lowest BCUT2D eigenvalue weighted by Crippen LogP contribution is -1.91. The molecule has 3 heteroatoms. The molecule has 1 N–H and O–H groups in total. The zero-order valence-electron chi connectivity index (χ0n) is 6.80. The summed E-state index contributed by atoms with van der Waals surface area (Å²) in [6.07, 6.45) is 1.38. The van der Waals surface area contributed by atoms with Gasteiger partial charge in [0.2, 0.25) is 0 Å². The van der Waals surface area contributed by atoms with Crippen molar-refractivity contribution in [2.75, 3.05) is 12.4 Å². The van der Waals surface area contributed by atoms with Crippen molar-refractivity contribution in [3.05, 3.63) is 28.2 Å². The van der Waals surface area contributed by atoms with E-state index in [0.717, 1.165) is 22.0 Å². The van der Waals surface area contributed by atoms with Gasteiger partial charge in [-0.2, -0.15) is 0 Å². The van der Waals surface area contributed by atoms with E-state index in [1.54, 1.807) is 0 Å². The highest BCUT2D eigenvalue weighted by atomic mass is 79.9. The fourth-order valence-electron chi connectivity index (χ4n) is 0.985. The minimum Gasteiger partial charge on any atom is -0.387 e. The Hall–Kier alpha value is -0.830. The average molecular weight is 228 g/mol. The maximum Gasteiger partial charge on any atom is 0.124 e. The molecule has 1 rings (SSSR count). The normalized spacial score (nSPS) is 9.50. The lowest BCUT2D eigenvalue weighted by Gasteiger charge is -2.04. The van der Waals surface area contributed by atoms with Crippen LogP contribution >= 0.6 is 15.9 Å². The molecule has 0 amide bonds. The molecule has 0 bridgehead atoms. The Kier molecular flexibility index (Phi) is 3.29. The maximum absolute atomic E-state index is 10.2. The van der Waals surface area contributed by atoms with Gasteiger partial charge in [0.25, 0.3) is 0 Å². The van der Waals surface area contributed by atoms with E-state index in [4.69, 9.17) is 0 Å². The van der Waals surface area contributed by atoms with Gasteiger partial charge < -0.3 is 10.1 Å². The van der Waals surface area contributed by atoms with Crippen molar-refractivity contribution in [3.63, 3.8) is 0 Å². The molecule has 0 radical (unpaired) electrons. The van der Waals surface area contributed by atoms with Gasteiger partial charge in [0.05, 0.1) is 0 Å². The summed E-state index contributed by atoms with van der Waals surface area (Å²) >= 11 is 3.40. The van der Waals surface area contributed by atoms with E-state index in [9.17, 15) is 4.79 Å². The van der Waals surface area contributed by atoms with E-state index < -0.39 is 0 Å². The van der Waals surface area contributed by atoms with E-state index in [0.29, 0.717) is 6.42 Å². The molecule has 1 aromatic carbocycles. The second-order valence-corrected chi connectivity index (χ2v) is 3.29. The molecule has 12 heavy (non-hydrogen) atoms. The standard InChI is InChI=1S/C9H10BrNO/c1-11-9-3-2-7(4-5-12)6-8(9)10/h2-3,5-6,11H,4H2,1H3. The summed E-state index contributed by atoms with van der Waals surface area (Å²) in [5, 5.41) is 3.03. The maximum atomic E-state index is 10.2. The van der Waals surface area contributed by atoms with E-state index in [1.165, 1.54) is 0 Å². The summed E-state index contributed by atoms with van der Waals surface area (Å²) in [6, 6.07) is 5.83. The molecular weight excluding hydrogens is 218 g/mol. The summed E-state index contributed by atoms with van der Waals surface area (Å²) in [5.74, 6) is 0. The summed E-state index contributed by atoms with van der Waals surface area (Å²) in [4.78, 5) is 10.2. The molecule has 0 aliphatic carbocycles. The lowest BCUT2D eigenvalue weighted by atomic mass is 10.1. The number of nitrogens with one attached hydrogen (secondary N) is 1. The van der Waals surface area contributed by atoms with Crippen LogP contribution in [0.15, 0.2) is 22.7 Å². The van der Waals surface area contributed by atoms with Crippen LogP contribution in [0.25, 0.3) is 0 Å². The Morgan fingerprint density at radius 1 is 1.58 bits per heavy atom. The van der Waals surface area contributed by atoms with Gasteiger partial charge in [0, 0.05) is 23.6 Å². The van der Waals surface area contributed by atoms with Crippen LogP contribution in [0, 0.1) is 0 Å². The van der Waals surface area contributed by atoms with Crippen LogP contribution in [-0.2, 0) is 11.2 Å². The van der Waals surface area contributed by atoms with Crippen molar-refractivity contribution < 1.29 is 4.79 Å². The number of hydrogen-bond donors (Lipinski definition) is 1. The van der Waals surface area contributed by atoms with Gasteiger partial charge in [0.15, 0.2) is 0 Å². The lowest BCUT2D eigenvalue weighted by molar-refractivity contribution is -0.107. The number of carbonyl (C=O) groups excluding carboxylic acids is 1. The van der Waals surface area contributed by atoms with E-state index >= 15 is 0 Å². The van der Waals surface area contributed by atoms with E-state index in [-0.39, 0.29) is 0 Å². The van der Waals surface area contributed by atoms with Gasteiger partial charge in [-0.1, -0.05) is 6.07 Å². The molecule has 0 aliphatic rings. The third-order valence-electron chi connectivity index (χ3n) is 1.62. The highest BCUT2D eigenvalue weighted by Gasteiger charge is 1.98. The predicted molar refractivity (Wildman–Crippen MR) is 53.5 cm³/mol. The van der Waals surface area contributed by atoms with Crippen LogP contribution in [0.1, 0.15) is 5.56 Å². The monoisotopic (exact) mass is 227 g/mol. The average Bonchev–Trinajstić information content (AvgIpc) is 2.05. The van der Waals surface area contributed by atoms with Gasteiger partial charge in [-0.3, -0.25) is 0 Å². The zero-order valence-corrected chi connectivity index (χ0v) is 8.39. The summed E-state index contributed by atoms with van der Waals surface area (Å²) in [5.41, 5.74) is 2.06. The van der Waals surface area contributed by atoms with Crippen molar-refractivity contribution in [3.8, 4) is 0 Å². The quantitative estimate of drug-likeness (QED) is 0.803. The zero-order chi connectivity index (χ0) is 8.97. The second kappa shape index (κ2) is 4.26. The number of rotatable bonds is 3. The third kappa shape index (κ3) is 2.08. The summed E-state index contributed by atoms with van der Waals surface area (Å²) in [6.45, 7) is 0. The van der Waals surface area contributed by atoms with Crippen molar-refractivity contribution in [1.29, 1.82) is 0 Å². The molecule has 0 fully saturated rings. The Balaban J connectivity index is 2.93. The van der Waals surface area contributed by atoms with Gasteiger partial charge in [-0.15, -0.1) is 0 Å². The predicted octanol–water partition coefficient (Wildman–Crippen LogP) is 2.23. The van der Waals surface area contributed by atoms with Crippen molar-refractivity contribution in [2.24, 2.45) is 0 Å². The molecule has 64 valence electrons. The minimum absolute atomic E-state index is 0.475. The number of halogens is 1. The van der Waals surface area contributed by atoms with Crippen LogP contribution in [0.4, 0.5) is 5.69 Å². The Morgan fingerprint density at radius 3 is 2.83 bits per heavy atom. The number of anilines is 1.